The summed E-state index contributed by atoms with van der Waals surface area (Å²) in [4.78, 5) is 22.9. The third-order valence-corrected chi connectivity index (χ3v) is 2.81. The fourth-order valence-corrected chi connectivity index (χ4v) is 1.87. The van der Waals surface area contributed by atoms with Gasteiger partial charge < -0.3 is 15.6 Å². The van der Waals surface area contributed by atoms with E-state index in [1.54, 1.807) is 42.5 Å². The largest absolute Gasteiger partial charge is 0.550 e. The molecule has 0 aliphatic carbocycles. The molecule has 0 unspecified atom stereocenters. The lowest BCUT2D eigenvalue weighted by Crippen LogP contribution is -2.25. The van der Waals surface area contributed by atoms with Crippen molar-refractivity contribution in [2.45, 2.75) is 6.42 Å². The van der Waals surface area contributed by atoms with E-state index >= 15 is 0 Å². The lowest BCUT2D eigenvalue weighted by Gasteiger charge is -2.10. The molecular formula is C15H12NO3-. The minimum atomic E-state index is -1.23. The summed E-state index contributed by atoms with van der Waals surface area (Å²) in [5.41, 5.74) is 7.27. The van der Waals surface area contributed by atoms with Crippen molar-refractivity contribution in [2.75, 3.05) is 5.73 Å². The van der Waals surface area contributed by atoms with Crippen molar-refractivity contribution in [2.24, 2.45) is 0 Å². The van der Waals surface area contributed by atoms with Crippen molar-refractivity contribution in [3.8, 4) is 0 Å². The summed E-state index contributed by atoms with van der Waals surface area (Å²) in [6.07, 6.45) is -0.304. The van der Waals surface area contributed by atoms with Gasteiger partial charge in [0, 0.05) is 29.2 Å². The summed E-state index contributed by atoms with van der Waals surface area (Å²) in [6, 6.07) is 13.5. The molecule has 0 radical (unpaired) electrons. The Bertz CT molecular complexity index is 621. The monoisotopic (exact) mass is 254 g/mol. The lowest BCUT2D eigenvalue weighted by atomic mass is 9.98. The summed E-state index contributed by atoms with van der Waals surface area (Å²) >= 11 is 0. The standard InChI is InChI=1S/C15H13NO3/c16-14-11(9-13(17)18)7-4-8-12(14)15(19)10-5-2-1-3-6-10/h1-8H,9,16H2,(H,17,18)/p-1. The Kier molecular flexibility index (Phi) is 3.61. The average molecular weight is 254 g/mol. The molecule has 2 aromatic rings. The number of nitrogen functional groups attached to an aromatic ring is 1. The third-order valence-electron chi connectivity index (χ3n) is 2.81. The minimum absolute atomic E-state index is 0.195. The smallest absolute Gasteiger partial charge is 0.195 e. The van der Waals surface area contributed by atoms with Crippen molar-refractivity contribution >= 4 is 17.4 Å². The Balaban J connectivity index is 2.41. The summed E-state index contributed by atoms with van der Waals surface area (Å²) < 4.78 is 0. The molecule has 0 saturated heterocycles. The minimum Gasteiger partial charge on any atom is -0.550 e. The molecule has 2 rings (SSSR count). The van der Waals surface area contributed by atoms with Gasteiger partial charge in [0.1, 0.15) is 0 Å². The molecule has 4 heteroatoms. The van der Waals surface area contributed by atoms with Gasteiger partial charge in [-0.3, -0.25) is 4.79 Å². The molecule has 2 N–H and O–H groups in total. The molecule has 0 saturated carbocycles. The van der Waals surface area contributed by atoms with E-state index in [-0.39, 0.29) is 17.9 Å². The van der Waals surface area contributed by atoms with Crippen LogP contribution >= 0.6 is 0 Å². The molecule has 4 nitrogen and oxygen atoms in total. The number of nitrogens with two attached hydrogens (primary N) is 1. The average Bonchev–Trinajstić information content (AvgIpc) is 2.41. The highest BCUT2D eigenvalue weighted by atomic mass is 16.4. The first-order valence-electron chi connectivity index (χ1n) is 5.76. The van der Waals surface area contributed by atoms with Crippen LogP contribution in [0.3, 0.4) is 0 Å². The van der Waals surface area contributed by atoms with Crippen LogP contribution in [0.15, 0.2) is 48.5 Å². The van der Waals surface area contributed by atoms with Gasteiger partial charge in [0.15, 0.2) is 5.78 Å². The molecule has 0 heterocycles. The number of hydrogen-bond acceptors (Lipinski definition) is 4. The molecule has 19 heavy (non-hydrogen) atoms. The molecule has 0 spiro atoms. The maximum absolute atomic E-state index is 12.3. The van der Waals surface area contributed by atoms with Gasteiger partial charge >= 0.3 is 0 Å². The number of benzene rings is 2. The molecule has 0 aromatic heterocycles. The van der Waals surface area contributed by atoms with Gasteiger partial charge in [0.2, 0.25) is 0 Å². The number of carbonyl (C=O) groups is 2. The van der Waals surface area contributed by atoms with Crippen molar-refractivity contribution in [3.63, 3.8) is 0 Å². The SMILES string of the molecule is Nc1c(CC(=O)[O-])cccc1C(=O)c1ccccc1. The molecular weight excluding hydrogens is 242 g/mol. The van der Waals surface area contributed by atoms with E-state index in [0.29, 0.717) is 16.7 Å². The van der Waals surface area contributed by atoms with E-state index in [1.165, 1.54) is 0 Å². The van der Waals surface area contributed by atoms with Crippen molar-refractivity contribution < 1.29 is 14.7 Å². The summed E-state index contributed by atoms with van der Waals surface area (Å²) in [5, 5.41) is 10.6. The van der Waals surface area contributed by atoms with Crippen molar-refractivity contribution in [3.05, 3.63) is 65.2 Å². The van der Waals surface area contributed by atoms with E-state index in [1.807, 2.05) is 6.07 Å². The van der Waals surface area contributed by atoms with Crippen LogP contribution in [-0.4, -0.2) is 11.8 Å². The van der Waals surface area contributed by atoms with Gasteiger partial charge in [0.25, 0.3) is 0 Å². The van der Waals surface area contributed by atoms with E-state index in [4.69, 9.17) is 5.73 Å². The van der Waals surface area contributed by atoms with Crippen LogP contribution in [-0.2, 0) is 11.2 Å². The number of aliphatic carboxylic acids is 1. The third kappa shape index (κ3) is 2.80. The Morgan fingerprint density at radius 2 is 1.68 bits per heavy atom. The number of carboxylic acids is 1. The van der Waals surface area contributed by atoms with Gasteiger partial charge in [-0.05, 0) is 11.6 Å². The molecule has 2 aromatic carbocycles. The highest BCUT2D eigenvalue weighted by molar-refractivity contribution is 6.12. The highest BCUT2D eigenvalue weighted by Gasteiger charge is 2.14. The Labute approximate surface area is 110 Å². The Morgan fingerprint density at radius 1 is 1.00 bits per heavy atom. The zero-order valence-corrected chi connectivity index (χ0v) is 10.1. The van der Waals surface area contributed by atoms with Gasteiger partial charge in [-0.15, -0.1) is 0 Å². The predicted octanol–water partition coefficient (Wildman–Crippen LogP) is 0.792. The fourth-order valence-electron chi connectivity index (χ4n) is 1.87. The highest BCUT2D eigenvalue weighted by Crippen LogP contribution is 2.21. The maximum Gasteiger partial charge on any atom is 0.195 e. The van der Waals surface area contributed by atoms with Crippen LogP contribution in [0.5, 0.6) is 0 Å². The number of carboxylic acid groups (broad SMARTS) is 1. The number of para-hydroxylation sites is 1. The van der Waals surface area contributed by atoms with E-state index < -0.39 is 5.97 Å². The van der Waals surface area contributed by atoms with Gasteiger partial charge in [-0.25, -0.2) is 0 Å². The van der Waals surface area contributed by atoms with E-state index in [0.717, 1.165) is 0 Å². The first-order chi connectivity index (χ1) is 9.09. The number of carbonyl (C=O) groups excluding carboxylic acids is 2. The quantitative estimate of drug-likeness (QED) is 0.646. The molecule has 96 valence electrons. The number of rotatable bonds is 4. The van der Waals surface area contributed by atoms with Gasteiger partial charge in [0.05, 0.1) is 0 Å². The molecule has 0 atom stereocenters. The van der Waals surface area contributed by atoms with Crippen LogP contribution < -0.4 is 10.8 Å². The second-order valence-corrected chi connectivity index (χ2v) is 4.12. The van der Waals surface area contributed by atoms with Crippen molar-refractivity contribution in [1.29, 1.82) is 0 Å². The second kappa shape index (κ2) is 5.35. The maximum atomic E-state index is 12.3. The Hall–Kier alpha value is -2.62. The summed E-state index contributed by atoms with van der Waals surface area (Å²) in [7, 11) is 0. The number of ketones is 1. The molecule has 0 amide bonds. The molecule has 0 fully saturated rings. The lowest BCUT2D eigenvalue weighted by molar-refractivity contribution is -0.304. The van der Waals surface area contributed by atoms with Crippen LogP contribution in [0.1, 0.15) is 21.5 Å². The molecule has 0 aliphatic heterocycles. The van der Waals surface area contributed by atoms with Gasteiger partial charge in [-0.1, -0.05) is 42.5 Å². The van der Waals surface area contributed by atoms with Crippen molar-refractivity contribution in [1.82, 2.24) is 0 Å². The fraction of sp³-hybridized carbons (Fsp3) is 0.0667. The zero-order chi connectivity index (χ0) is 13.8. The summed E-state index contributed by atoms with van der Waals surface area (Å²) in [5.74, 6) is -1.45. The normalized spacial score (nSPS) is 10.1. The topological polar surface area (TPSA) is 83.2 Å². The Morgan fingerprint density at radius 3 is 2.32 bits per heavy atom. The van der Waals surface area contributed by atoms with Crippen LogP contribution in [0, 0.1) is 0 Å². The van der Waals surface area contributed by atoms with Crippen LogP contribution in [0.2, 0.25) is 0 Å². The van der Waals surface area contributed by atoms with Gasteiger partial charge in [-0.2, -0.15) is 0 Å². The predicted molar refractivity (Wildman–Crippen MR) is 69.4 cm³/mol. The van der Waals surface area contributed by atoms with E-state index in [9.17, 15) is 14.7 Å². The molecule has 0 bridgehead atoms. The first-order valence-corrected chi connectivity index (χ1v) is 5.76. The molecule has 0 aliphatic rings. The number of anilines is 1. The van der Waals surface area contributed by atoms with E-state index in [2.05, 4.69) is 0 Å². The second-order valence-electron chi connectivity index (χ2n) is 4.12. The first kappa shape index (κ1) is 12.8. The zero-order valence-electron chi connectivity index (χ0n) is 10.1. The summed E-state index contributed by atoms with van der Waals surface area (Å²) in [6.45, 7) is 0. The van der Waals surface area contributed by atoms with Crippen LogP contribution in [0.4, 0.5) is 5.69 Å². The van der Waals surface area contributed by atoms with Crippen LogP contribution in [0.25, 0.3) is 0 Å². The number of hydrogen-bond donors (Lipinski definition) is 1.